The summed E-state index contributed by atoms with van der Waals surface area (Å²) in [6.45, 7) is 2.29. The van der Waals surface area contributed by atoms with E-state index in [0.717, 1.165) is 26.1 Å². The zero-order valence-electron chi connectivity index (χ0n) is 10.5. The number of rotatable bonds is 4. The van der Waals surface area contributed by atoms with Crippen molar-refractivity contribution in [1.29, 1.82) is 0 Å². The molecule has 1 aromatic carbocycles. The molecule has 100 valence electrons. The Labute approximate surface area is 110 Å². The van der Waals surface area contributed by atoms with E-state index in [2.05, 4.69) is 10.3 Å². The van der Waals surface area contributed by atoms with Crippen LogP contribution in [0.1, 0.15) is 23.2 Å². The molecule has 6 nitrogen and oxygen atoms in total. The van der Waals surface area contributed by atoms with Crippen LogP contribution < -0.4 is 0 Å². The first-order valence-corrected chi connectivity index (χ1v) is 6.39. The summed E-state index contributed by atoms with van der Waals surface area (Å²) in [7, 11) is 0. The first-order valence-electron chi connectivity index (χ1n) is 6.39. The molecule has 0 spiro atoms. The van der Waals surface area contributed by atoms with Crippen LogP contribution >= 0.6 is 0 Å². The Morgan fingerprint density at radius 3 is 3.16 bits per heavy atom. The Hall–Kier alpha value is -1.95. The molecule has 1 aliphatic heterocycles. The van der Waals surface area contributed by atoms with E-state index < -0.39 is 5.97 Å². The molecule has 19 heavy (non-hydrogen) atoms. The Morgan fingerprint density at radius 1 is 1.53 bits per heavy atom. The van der Waals surface area contributed by atoms with Gasteiger partial charge in [0.25, 0.3) is 0 Å². The second-order valence-electron chi connectivity index (χ2n) is 4.81. The second-order valence-corrected chi connectivity index (χ2v) is 4.81. The van der Waals surface area contributed by atoms with Gasteiger partial charge in [-0.1, -0.05) is 11.3 Å². The molecule has 1 fully saturated rings. The number of carbonyl (C=O) groups is 1. The first-order chi connectivity index (χ1) is 9.25. The molecule has 0 bridgehead atoms. The number of carboxylic acids is 1. The van der Waals surface area contributed by atoms with Crippen LogP contribution in [0.4, 0.5) is 0 Å². The second kappa shape index (κ2) is 4.97. The van der Waals surface area contributed by atoms with Crippen LogP contribution in [0.5, 0.6) is 0 Å². The molecule has 1 aromatic heterocycles. The lowest BCUT2D eigenvalue weighted by atomic mass is 10.1. The Balaban J connectivity index is 1.88. The van der Waals surface area contributed by atoms with Gasteiger partial charge in [0, 0.05) is 19.8 Å². The average molecular weight is 261 g/mol. The highest BCUT2D eigenvalue weighted by molar-refractivity contribution is 6.00. The van der Waals surface area contributed by atoms with Crippen LogP contribution in [-0.4, -0.2) is 39.3 Å². The number of hydrogen-bond donors (Lipinski definition) is 1. The van der Waals surface area contributed by atoms with E-state index in [4.69, 9.17) is 4.74 Å². The van der Waals surface area contributed by atoms with E-state index in [9.17, 15) is 9.90 Å². The lowest BCUT2D eigenvalue weighted by Crippen LogP contribution is -2.09. The summed E-state index contributed by atoms with van der Waals surface area (Å²) in [4.78, 5) is 11.2. The number of benzene rings is 1. The van der Waals surface area contributed by atoms with Gasteiger partial charge in [0.2, 0.25) is 0 Å². The number of para-hydroxylation sites is 1. The third-order valence-corrected chi connectivity index (χ3v) is 3.54. The highest BCUT2D eigenvalue weighted by Gasteiger charge is 2.18. The summed E-state index contributed by atoms with van der Waals surface area (Å²) < 4.78 is 7.03. The third-order valence-electron chi connectivity index (χ3n) is 3.54. The number of nitrogens with zero attached hydrogens (tertiary/aromatic N) is 3. The zero-order chi connectivity index (χ0) is 13.2. The fraction of sp³-hybridized carbons (Fsp3) is 0.462. The lowest BCUT2D eigenvalue weighted by molar-refractivity contribution is 0.0698. The van der Waals surface area contributed by atoms with Crippen molar-refractivity contribution in [2.75, 3.05) is 13.2 Å². The molecule has 1 unspecified atom stereocenters. The van der Waals surface area contributed by atoms with Crippen molar-refractivity contribution in [2.24, 2.45) is 5.92 Å². The van der Waals surface area contributed by atoms with Crippen molar-refractivity contribution >= 4 is 17.0 Å². The summed E-state index contributed by atoms with van der Waals surface area (Å²) in [5, 5.41) is 17.3. The lowest BCUT2D eigenvalue weighted by Gasteiger charge is -2.08. The number of aromatic carboxylic acids is 1. The highest BCUT2D eigenvalue weighted by atomic mass is 16.5. The van der Waals surface area contributed by atoms with Gasteiger partial charge in [-0.05, 0) is 30.9 Å². The molecule has 1 atom stereocenters. The number of fused-ring (bicyclic) bond motifs is 1. The topological polar surface area (TPSA) is 77.2 Å². The number of carboxylic acid groups (broad SMARTS) is 1. The van der Waals surface area contributed by atoms with Crippen LogP contribution in [0.2, 0.25) is 0 Å². The minimum atomic E-state index is -0.946. The number of aryl methyl sites for hydroxylation is 1. The van der Waals surface area contributed by atoms with Crippen molar-refractivity contribution in [3.63, 3.8) is 0 Å². The van der Waals surface area contributed by atoms with E-state index in [0.29, 0.717) is 23.5 Å². The first kappa shape index (κ1) is 12.1. The van der Waals surface area contributed by atoms with Gasteiger partial charge in [0.15, 0.2) is 0 Å². The number of ether oxygens (including phenoxy) is 1. The smallest absolute Gasteiger partial charge is 0.337 e. The maximum absolute atomic E-state index is 11.2. The van der Waals surface area contributed by atoms with E-state index in [1.807, 2.05) is 0 Å². The van der Waals surface area contributed by atoms with Crippen LogP contribution in [0.25, 0.3) is 11.0 Å². The molecule has 0 radical (unpaired) electrons. The minimum Gasteiger partial charge on any atom is -0.478 e. The zero-order valence-corrected chi connectivity index (χ0v) is 10.5. The van der Waals surface area contributed by atoms with Gasteiger partial charge in [-0.25, -0.2) is 9.48 Å². The van der Waals surface area contributed by atoms with Gasteiger partial charge in [-0.3, -0.25) is 0 Å². The van der Waals surface area contributed by atoms with Gasteiger partial charge in [-0.15, -0.1) is 5.10 Å². The van der Waals surface area contributed by atoms with E-state index >= 15 is 0 Å². The third kappa shape index (κ3) is 2.31. The standard InChI is InChI=1S/C13H15N3O3/c17-13(18)10-2-1-3-11-12(10)16(15-14-11)6-4-9-5-7-19-8-9/h1-3,9H,4-8H2,(H,17,18). The molecule has 2 heterocycles. The summed E-state index contributed by atoms with van der Waals surface area (Å²) in [6, 6.07) is 5.06. The molecule has 2 aromatic rings. The van der Waals surface area contributed by atoms with Crippen molar-refractivity contribution in [3.05, 3.63) is 23.8 Å². The largest absolute Gasteiger partial charge is 0.478 e. The van der Waals surface area contributed by atoms with Crippen molar-refractivity contribution in [1.82, 2.24) is 15.0 Å². The molecule has 0 saturated carbocycles. The molecular weight excluding hydrogens is 246 g/mol. The molecule has 6 heteroatoms. The monoisotopic (exact) mass is 261 g/mol. The van der Waals surface area contributed by atoms with Gasteiger partial charge >= 0.3 is 5.97 Å². The average Bonchev–Trinajstić information content (AvgIpc) is 3.05. The maximum Gasteiger partial charge on any atom is 0.337 e. The minimum absolute atomic E-state index is 0.255. The predicted octanol–water partition coefficient (Wildman–Crippen LogP) is 1.56. The summed E-state index contributed by atoms with van der Waals surface area (Å²) >= 11 is 0. The molecule has 1 aliphatic rings. The van der Waals surface area contributed by atoms with E-state index in [1.165, 1.54) is 0 Å². The number of aromatic nitrogens is 3. The Morgan fingerprint density at radius 2 is 2.42 bits per heavy atom. The van der Waals surface area contributed by atoms with Crippen LogP contribution in [0.3, 0.4) is 0 Å². The van der Waals surface area contributed by atoms with Crippen LogP contribution in [-0.2, 0) is 11.3 Å². The normalized spacial score (nSPS) is 19.1. The highest BCUT2D eigenvalue weighted by Crippen LogP contribution is 2.20. The fourth-order valence-corrected chi connectivity index (χ4v) is 2.48. The van der Waals surface area contributed by atoms with E-state index in [-0.39, 0.29) is 5.56 Å². The van der Waals surface area contributed by atoms with Gasteiger partial charge in [0.05, 0.1) is 5.56 Å². The molecular formula is C13H15N3O3. The molecule has 0 amide bonds. The van der Waals surface area contributed by atoms with Crippen molar-refractivity contribution in [2.45, 2.75) is 19.4 Å². The SMILES string of the molecule is O=C(O)c1cccc2nnn(CCC3CCOC3)c12. The van der Waals surface area contributed by atoms with E-state index in [1.54, 1.807) is 22.9 Å². The quantitative estimate of drug-likeness (QED) is 0.903. The van der Waals surface area contributed by atoms with Gasteiger partial charge < -0.3 is 9.84 Å². The fourth-order valence-electron chi connectivity index (χ4n) is 2.48. The predicted molar refractivity (Wildman–Crippen MR) is 68.0 cm³/mol. The van der Waals surface area contributed by atoms with Crippen molar-refractivity contribution in [3.8, 4) is 0 Å². The summed E-state index contributed by atoms with van der Waals surface area (Å²) in [5.74, 6) is -0.408. The van der Waals surface area contributed by atoms with Gasteiger partial charge in [-0.2, -0.15) is 0 Å². The van der Waals surface area contributed by atoms with Crippen LogP contribution in [0, 0.1) is 5.92 Å². The molecule has 1 N–H and O–H groups in total. The number of hydrogen-bond acceptors (Lipinski definition) is 4. The molecule has 3 rings (SSSR count). The molecule has 1 saturated heterocycles. The van der Waals surface area contributed by atoms with Gasteiger partial charge in [0.1, 0.15) is 11.0 Å². The summed E-state index contributed by atoms with van der Waals surface area (Å²) in [5.41, 5.74) is 1.49. The maximum atomic E-state index is 11.2. The molecule has 0 aliphatic carbocycles. The van der Waals surface area contributed by atoms with Crippen LogP contribution in [0.15, 0.2) is 18.2 Å². The Kier molecular flexibility index (Phi) is 3.16. The van der Waals surface area contributed by atoms with Crippen molar-refractivity contribution < 1.29 is 14.6 Å². The Bertz CT molecular complexity index is 602. The summed E-state index contributed by atoms with van der Waals surface area (Å²) in [6.07, 6.45) is 2.00.